The minimum Gasteiger partial charge on any atom is -0.482 e. The van der Waals surface area contributed by atoms with Crippen molar-refractivity contribution < 1.29 is 29.3 Å². The number of nitrogens with one attached hydrogen (secondary N) is 1. The second-order valence-electron chi connectivity index (χ2n) is 8.06. The van der Waals surface area contributed by atoms with Gasteiger partial charge in [0.15, 0.2) is 12.8 Å². The Labute approximate surface area is 171 Å². The molecule has 7 nitrogen and oxygen atoms in total. The monoisotopic (exact) mass is 405 g/mol. The molecule has 2 aliphatic carbocycles. The zero-order chi connectivity index (χ0) is 20.8. The number of hydrogen-bond donors (Lipinski definition) is 3. The third-order valence-electron chi connectivity index (χ3n) is 6.33. The summed E-state index contributed by atoms with van der Waals surface area (Å²) in [5, 5.41) is 20.8. The van der Waals surface area contributed by atoms with E-state index in [0.29, 0.717) is 23.5 Å². The summed E-state index contributed by atoms with van der Waals surface area (Å²) in [7, 11) is 1.78. The van der Waals surface area contributed by atoms with Gasteiger partial charge in [-0.05, 0) is 80.5 Å². The summed E-state index contributed by atoms with van der Waals surface area (Å²) < 4.78 is 10.9. The highest BCUT2D eigenvalue weighted by Gasteiger charge is 2.40. The van der Waals surface area contributed by atoms with Crippen LogP contribution in [0, 0.1) is 17.8 Å². The van der Waals surface area contributed by atoms with Gasteiger partial charge >= 0.3 is 11.9 Å². The summed E-state index contributed by atoms with van der Waals surface area (Å²) in [6, 6.07) is 5.94. The fourth-order valence-electron chi connectivity index (χ4n) is 4.95. The second-order valence-corrected chi connectivity index (χ2v) is 8.06. The Bertz CT molecular complexity index is 721. The number of benzene rings is 1. The summed E-state index contributed by atoms with van der Waals surface area (Å²) in [6.45, 7) is -0.507. The van der Waals surface area contributed by atoms with E-state index in [2.05, 4.69) is 11.4 Å². The molecule has 29 heavy (non-hydrogen) atoms. The van der Waals surface area contributed by atoms with Crippen LogP contribution in [0.5, 0.6) is 5.75 Å². The summed E-state index contributed by atoms with van der Waals surface area (Å²) in [5.74, 6) is 1.14. The molecule has 2 aliphatic rings. The molecule has 1 aromatic carbocycles. The van der Waals surface area contributed by atoms with Crippen molar-refractivity contribution in [3.63, 3.8) is 0 Å². The lowest BCUT2D eigenvalue weighted by molar-refractivity contribution is -0.151. The van der Waals surface area contributed by atoms with Gasteiger partial charge in [0, 0.05) is 0 Å². The lowest BCUT2D eigenvalue weighted by Gasteiger charge is -2.32. The molecule has 0 aromatic heterocycles. The molecule has 1 fully saturated rings. The van der Waals surface area contributed by atoms with Crippen molar-refractivity contribution in [3.05, 3.63) is 29.3 Å². The van der Waals surface area contributed by atoms with E-state index in [1.807, 2.05) is 12.1 Å². The molecule has 3 rings (SSSR count). The van der Waals surface area contributed by atoms with Gasteiger partial charge in [-0.25, -0.2) is 4.79 Å². The van der Waals surface area contributed by atoms with Gasteiger partial charge in [0.05, 0.1) is 13.0 Å². The topological polar surface area (TPSA) is 105 Å². The maximum Gasteiger partial charge on any atom is 0.341 e. The van der Waals surface area contributed by atoms with Crippen LogP contribution < -0.4 is 10.1 Å². The van der Waals surface area contributed by atoms with Gasteiger partial charge in [0.1, 0.15) is 5.75 Å². The smallest absolute Gasteiger partial charge is 0.341 e. The third kappa shape index (κ3) is 5.48. The van der Waals surface area contributed by atoms with Crippen LogP contribution in [-0.4, -0.2) is 48.6 Å². The molecule has 0 spiro atoms. The van der Waals surface area contributed by atoms with E-state index in [0.717, 1.165) is 38.5 Å². The first kappa shape index (κ1) is 21.6. The van der Waals surface area contributed by atoms with E-state index in [9.17, 15) is 9.59 Å². The summed E-state index contributed by atoms with van der Waals surface area (Å²) in [4.78, 5) is 22.5. The van der Waals surface area contributed by atoms with Crippen molar-refractivity contribution >= 4 is 11.9 Å². The molecule has 0 heterocycles. The zero-order valence-corrected chi connectivity index (χ0v) is 16.9. The molecule has 0 aliphatic heterocycles. The van der Waals surface area contributed by atoms with E-state index in [1.54, 1.807) is 7.05 Å². The van der Waals surface area contributed by atoms with E-state index in [4.69, 9.17) is 19.7 Å². The Morgan fingerprint density at radius 1 is 1.28 bits per heavy atom. The number of carboxylic acid groups (broad SMARTS) is 1. The SMILES string of the molecule is CNC(CCC1CCC2Cc3c(cccc3OCC(=O)O)CC12)OC(=O)CCO. The minimum absolute atomic E-state index is 0.0232. The minimum atomic E-state index is -0.962. The van der Waals surface area contributed by atoms with E-state index < -0.39 is 5.97 Å². The van der Waals surface area contributed by atoms with Crippen LogP contribution in [0.3, 0.4) is 0 Å². The molecule has 0 amide bonds. The van der Waals surface area contributed by atoms with Crippen LogP contribution >= 0.6 is 0 Å². The Hall–Kier alpha value is -2.12. The van der Waals surface area contributed by atoms with Crippen LogP contribution in [0.2, 0.25) is 0 Å². The highest BCUT2D eigenvalue weighted by atomic mass is 16.6. The predicted molar refractivity (Wildman–Crippen MR) is 107 cm³/mol. The molecule has 4 atom stereocenters. The van der Waals surface area contributed by atoms with Gasteiger partial charge in [-0.1, -0.05) is 12.1 Å². The van der Waals surface area contributed by atoms with Crippen molar-refractivity contribution in [2.45, 2.75) is 51.2 Å². The molecule has 160 valence electrons. The Morgan fingerprint density at radius 2 is 2.10 bits per heavy atom. The normalized spacial score (nSPS) is 23.7. The zero-order valence-electron chi connectivity index (χ0n) is 16.9. The maximum absolute atomic E-state index is 11.6. The van der Waals surface area contributed by atoms with Crippen molar-refractivity contribution in [2.24, 2.45) is 17.8 Å². The lowest BCUT2D eigenvalue weighted by atomic mass is 9.73. The maximum atomic E-state index is 11.6. The van der Waals surface area contributed by atoms with Crippen LogP contribution in [0.4, 0.5) is 0 Å². The summed E-state index contributed by atoms with van der Waals surface area (Å²) >= 11 is 0. The van der Waals surface area contributed by atoms with Crippen molar-refractivity contribution in [3.8, 4) is 5.75 Å². The molecule has 4 unspecified atom stereocenters. The number of carbonyl (C=O) groups is 2. The van der Waals surface area contributed by atoms with E-state index >= 15 is 0 Å². The standard InChI is InChI=1S/C22H31NO6/c1-23-20(29-22(27)9-10-24)8-7-14-5-6-16-12-18-15(11-17(14)16)3-2-4-19(18)28-13-21(25)26/h2-4,14,16-17,20,23-24H,5-13H2,1H3,(H,25,26). The van der Waals surface area contributed by atoms with Gasteiger partial charge in [-0.3, -0.25) is 10.1 Å². The van der Waals surface area contributed by atoms with E-state index in [-0.39, 0.29) is 31.8 Å². The number of carbonyl (C=O) groups excluding carboxylic acids is 1. The Balaban J connectivity index is 1.60. The third-order valence-corrected chi connectivity index (χ3v) is 6.33. The number of rotatable bonds is 10. The van der Waals surface area contributed by atoms with Crippen LogP contribution in [0.25, 0.3) is 0 Å². The van der Waals surface area contributed by atoms with Gasteiger partial charge in [0.2, 0.25) is 0 Å². The number of carboxylic acids is 1. The average molecular weight is 405 g/mol. The molecule has 0 bridgehead atoms. The Kier molecular flexibility index (Phi) is 7.50. The number of esters is 1. The van der Waals surface area contributed by atoms with Gasteiger partial charge < -0.3 is 19.7 Å². The average Bonchev–Trinajstić information content (AvgIpc) is 3.09. The highest BCUT2D eigenvalue weighted by molar-refractivity contribution is 5.69. The molecule has 7 heteroatoms. The molecule has 1 aromatic rings. The lowest BCUT2D eigenvalue weighted by Crippen LogP contribution is -2.32. The van der Waals surface area contributed by atoms with Crippen LogP contribution in [-0.2, 0) is 27.2 Å². The number of fused-ring (bicyclic) bond motifs is 2. The number of aliphatic carboxylic acids is 1. The molecular weight excluding hydrogens is 374 g/mol. The molecule has 0 saturated heterocycles. The van der Waals surface area contributed by atoms with Gasteiger partial charge in [-0.2, -0.15) is 0 Å². The number of hydrogen-bond acceptors (Lipinski definition) is 6. The predicted octanol–water partition coefficient (Wildman–Crippen LogP) is 2.14. The second kappa shape index (κ2) is 10.1. The summed E-state index contributed by atoms with van der Waals surface area (Å²) in [6.07, 6.45) is 5.71. The molecule has 0 radical (unpaired) electrons. The van der Waals surface area contributed by atoms with Crippen molar-refractivity contribution in [2.75, 3.05) is 20.3 Å². The fraction of sp³-hybridized carbons (Fsp3) is 0.636. The quantitative estimate of drug-likeness (QED) is 0.405. The van der Waals surface area contributed by atoms with E-state index in [1.165, 1.54) is 11.1 Å². The summed E-state index contributed by atoms with van der Waals surface area (Å²) in [5.41, 5.74) is 2.43. The number of aliphatic hydroxyl groups excluding tert-OH is 1. The molecule has 1 saturated carbocycles. The highest BCUT2D eigenvalue weighted by Crippen LogP contribution is 2.48. The number of ether oxygens (including phenoxy) is 2. The Morgan fingerprint density at radius 3 is 2.83 bits per heavy atom. The van der Waals surface area contributed by atoms with Gasteiger partial charge in [0.25, 0.3) is 0 Å². The molecular formula is C22H31NO6. The van der Waals surface area contributed by atoms with Crippen molar-refractivity contribution in [1.82, 2.24) is 5.32 Å². The van der Waals surface area contributed by atoms with Crippen LogP contribution in [0.1, 0.15) is 43.2 Å². The largest absolute Gasteiger partial charge is 0.482 e. The van der Waals surface area contributed by atoms with Gasteiger partial charge in [-0.15, -0.1) is 0 Å². The fourth-order valence-corrected chi connectivity index (χ4v) is 4.95. The van der Waals surface area contributed by atoms with Crippen LogP contribution in [0.15, 0.2) is 18.2 Å². The number of aliphatic hydroxyl groups is 1. The molecule has 3 N–H and O–H groups in total. The first-order valence-corrected chi connectivity index (χ1v) is 10.4. The first-order valence-electron chi connectivity index (χ1n) is 10.4. The van der Waals surface area contributed by atoms with Crippen molar-refractivity contribution in [1.29, 1.82) is 0 Å². The first-order chi connectivity index (χ1) is 14.0.